The molecule has 0 spiro atoms. The minimum absolute atomic E-state index is 0.0653. The average Bonchev–Trinajstić information content (AvgIpc) is 2.48. The van der Waals surface area contributed by atoms with Crippen LogP contribution in [0.15, 0.2) is 30.3 Å². The van der Waals surface area contributed by atoms with Crippen molar-refractivity contribution in [1.82, 2.24) is 10.6 Å². The molecule has 5 N–H and O–H groups in total. The summed E-state index contributed by atoms with van der Waals surface area (Å²) >= 11 is 0. The number of carboxylic acids is 1. The fourth-order valence-corrected chi connectivity index (χ4v) is 2.61. The number of benzene rings is 1. The first-order valence-corrected chi connectivity index (χ1v) is 7.18. The lowest BCUT2D eigenvalue weighted by atomic mass is 9.91. The van der Waals surface area contributed by atoms with E-state index >= 15 is 0 Å². The average molecular weight is 291 g/mol. The molecule has 2 rings (SSSR count). The Hall–Kier alpha value is -2.08. The Bertz CT molecular complexity index is 492. The molecule has 3 unspecified atom stereocenters. The molecule has 6 heteroatoms. The van der Waals surface area contributed by atoms with Gasteiger partial charge in [-0.05, 0) is 18.4 Å². The Balaban J connectivity index is 1.97. The van der Waals surface area contributed by atoms with Crippen molar-refractivity contribution < 1.29 is 14.7 Å². The van der Waals surface area contributed by atoms with Crippen LogP contribution in [-0.2, 0) is 4.79 Å². The van der Waals surface area contributed by atoms with E-state index in [4.69, 9.17) is 5.73 Å². The number of carbonyl (C=O) groups is 2. The van der Waals surface area contributed by atoms with Gasteiger partial charge >= 0.3 is 12.0 Å². The molecular weight excluding hydrogens is 270 g/mol. The smallest absolute Gasteiger partial charge is 0.330 e. The van der Waals surface area contributed by atoms with Crippen molar-refractivity contribution in [2.45, 2.75) is 43.8 Å². The highest BCUT2D eigenvalue weighted by Crippen LogP contribution is 2.17. The van der Waals surface area contributed by atoms with Gasteiger partial charge < -0.3 is 21.5 Å². The maximum absolute atomic E-state index is 12.0. The van der Waals surface area contributed by atoms with Gasteiger partial charge in [-0.1, -0.05) is 43.2 Å². The molecule has 1 aliphatic rings. The zero-order valence-electron chi connectivity index (χ0n) is 11.8. The molecule has 3 atom stereocenters. The van der Waals surface area contributed by atoms with Gasteiger partial charge in [0, 0.05) is 12.1 Å². The largest absolute Gasteiger partial charge is 0.479 e. The third-order valence-electron chi connectivity index (χ3n) is 3.79. The SMILES string of the molecule is NC1CCCCC1NC(=O)NC(C(=O)O)c1ccccc1. The highest BCUT2D eigenvalue weighted by molar-refractivity contribution is 5.83. The number of hydrogen-bond acceptors (Lipinski definition) is 3. The van der Waals surface area contributed by atoms with E-state index in [1.54, 1.807) is 30.3 Å². The highest BCUT2D eigenvalue weighted by atomic mass is 16.4. The fraction of sp³-hybridized carbons (Fsp3) is 0.467. The van der Waals surface area contributed by atoms with E-state index in [2.05, 4.69) is 10.6 Å². The molecule has 2 amide bonds. The van der Waals surface area contributed by atoms with Gasteiger partial charge in [0.25, 0.3) is 0 Å². The molecule has 21 heavy (non-hydrogen) atoms. The first-order valence-electron chi connectivity index (χ1n) is 7.18. The topological polar surface area (TPSA) is 104 Å². The molecule has 0 heterocycles. The van der Waals surface area contributed by atoms with Crippen molar-refractivity contribution in [3.05, 3.63) is 35.9 Å². The van der Waals surface area contributed by atoms with Crippen LogP contribution in [0.25, 0.3) is 0 Å². The van der Waals surface area contributed by atoms with Crippen molar-refractivity contribution in [3.63, 3.8) is 0 Å². The van der Waals surface area contributed by atoms with Crippen molar-refractivity contribution in [3.8, 4) is 0 Å². The van der Waals surface area contributed by atoms with Crippen molar-refractivity contribution in [2.24, 2.45) is 5.73 Å². The standard InChI is InChI=1S/C15H21N3O3/c16-11-8-4-5-9-12(11)17-15(21)18-13(14(19)20)10-6-2-1-3-7-10/h1-3,6-7,11-13H,4-5,8-9,16H2,(H,19,20)(H2,17,18,21). The fourth-order valence-electron chi connectivity index (χ4n) is 2.61. The second-order valence-corrected chi connectivity index (χ2v) is 5.35. The molecule has 6 nitrogen and oxygen atoms in total. The van der Waals surface area contributed by atoms with E-state index in [-0.39, 0.29) is 12.1 Å². The zero-order chi connectivity index (χ0) is 15.2. The Morgan fingerprint density at radius 2 is 1.86 bits per heavy atom. The van der Waals surface area contributed by atoms with Gasteiger partial charge in [0.15, 0.2) is 6.04 Å². The third-order valence-corrected chi connectivity index (χ3v) is 3.79. The van der Waals surface area contributed by atoms with E-state index in [0.717, 1.165) is 25.7 Å². The van der Waals surface area contributed by atoms with Gasteiger partial charge in [-0.3, -0.25) is 0 Å². The summed E-state index contributed by atoms with van der Waals surface area (Å²) in [5.74, 6) is -1.09. The number of nitrogens with two attached hydrogens (primary N) is 1. The number of urea groups is 1. The quantitative estimate of drug-likeness (QED) is 0.672. The molecule has 1 aliphatic carbocycles. The number of nitrogens with one attached hydrogen (secondary N) is 2. The molecule has 0 bridgehead atoms. The molecule has 0 saturated heterocycles. The molecule has 1 fully saturated rings. The van der Waals surface area contributed by atoms with Gasteiger partial charge in [0.1, 0.15) is 0 Å². The molecule has 1 saturated carbocycles. The minimum atomic E-state index is -1.09. The number of carbonyl (C=O) groups excluding carboxylic acids is 1. The van der Waals surface area contributed by atoms with Crippen molar-refractivity contribution in [1.29, 1.82) is 0 Å². The lowest BCUT2D eigenvalue weighted by Gasteiger charge is -2.29. The third kappa shape index (κ3) is 4.19. The van der Waals surface area contributed by atoms with Crippen LogP contribution in [0.3, 0.4) is 0 Å². The number of aliphatic carboxylic acids is 1. The summed E-state index contributed by atoms with van der Waals surface area (Å²) in [5, 5.41) is 14.5. The molecule has 0 aliphatic heterocycles. The Kier molecular flexibility index (Phi) is 5.16. The maximum atomic E-state index is 12.0. The minimum Gasteiger partial charge on any atom is -0.479 e. The Morgan fingerprint density at radius 3 is 2.48 bits per heavy atom. The number of hydrogen-bond donors (Lipinski definition) is 4. The molecule has 1 aromatic carbocycles. The monoisotopic (exact) mass is 291 g/mol. The normalized spacial score (nSPS) is 23.1. The van der Waals surface area contributed by atoms with Crippen LogP contribution in [0.4, 0.5) is 4.79 Å². The van der Waals surface area contributed by atoms with Gasteiger partial charge in [-0.2, -0.15) is 0 Å². The Morgan fingerprint density at radius 1 is 1.19 bits per heavy atom. The Labute approximate surface area is 123 Å². The van der Waals surface area contributed by atoms with Crippen LogP contribution < -0.4 is 16.4 Å². The molecule has 0 radical (unpaired) electrons. The maximum Gasteiger partial charge on any atom is 0.330 e. The summed E-state index contributed by atoms with van der Waals surface area (Å²) in [6, 6.07) is 6.90. The first kappa shape index (κ1) is 15.3. The van der Waals surface area contributed by atoms with E-state index < -0.39 is 18.0 Å². The van der Waals surface area contributed by atoms with E-state index in [9.17, 15) is 14.7 Å². The number of rotatable bonds is 4. The summed E-state index contributed by atoms with van der Waals surface area (Å²) in [7, 11) is 0. The molecule has 114 valence electrons. The van der Waals surface area contributed by atoms with Gasteiger partial charge in [0.05, 0.1) is 0 Å². The van der Waals surface area contributed by atoms with Crippen LogP contribution in [0.1, 0.15) is 37.3 Å². The second-order valence-electron chi connectivity index (χ2n) is 5.35. The highest BCUT2D eigenvalue weighted by Gasteiger charge is 2.26. The second kappa shape index (κ2) is 7.08. The van der Waals surface area contributed by atoms with Crippen molar-refractivity contribution >= 4 is 12.0 Å². The van der Waals surface area contributed by atoms with Crippen LogP contribution in [-0.4, -0.2) is 29.2 Å². The summed E-state index contributed by atoms with van der Waals surface area (Å²) in [6.45, 7) is 0. The van der Waals surface area contributed by atoms with Crippen LogP contribution in [0, 0.1) is 0 Å². The summed E-state index contributed by atoms with van der Waals surface area (Å²) in [5.41, 5.74) is 6.51. The van der Waals surface area contributed by atoms with Crippen LogP contribution in [0.5, 0.6) is 0 Å². The van der Waals surface area contributed by atoms with Gasteiger partial charge in [-0.15, -0.1) is 0 Å². The van der Waals surface area contributed by atoms with E-state index in [0.29, 0.717) is 5.56 Å². The predicted molar refractivity (Wildman–Crippen MR) is 78.7 cm³/mol. The van der Waals surface area contributed by atoms with E-state index in [1.807, 2.05) is 0 Å². The lowest BCUT2D eigenvalue weighted by molar-refractivity contribution is -0.139. The summed E-state index contributed by atoms with van der Waals surface area (Å²) < 4.78 is 0. The zero-order valence-corrected chi connectivity index (χ0v) is 11.8. The van der Waals surface area contributed by atoms with Crippen LogP contribution >= 0.6 is 0 Å². The van der Waals surface area contributed by atoms with Gasteiger partial charge in [0.2, 0.25) is 0 Å². The first-order chi connectivity index (χ1) is 10.1. The van der Waals surface area contributed by atoms with Crippen LogP contribution in [0.2, 0.25) is 0 Å². The van der Waals surface area contributed by atoms with Crippen molar-refractivity contribution in [2.75, 3.05) is 0 Å². The molecular formula is C15H21N3O3. The summed E-state index contributed by atoms with van der Waals surface area (Å²) in [6.07, 6.45) is 3.81. The summed E-state index contributed by atoms with van der Waals surface area (Å²) in [4.78, 5) is 23.3. The van der Waals surface area contributed by atoms with Gasteiger partial charge in [-0.25, -0.2) is 9.59 Å². The number of amides is 2. The molecule has 1 aromatic rings. The van der Waals surface area contributed by atoms with E-state index in [1.165, 1.54) is 0 Å². The number of carboxylic acid groups (broad SMARTS) is 1. The molecule has 0 aromatic heterocycles. The predicted octanol–water partition coefficient (Wildman–Crippen LogP) is 1.38. The lowest BCUT2D eigenvalue weighted by Crippen LogP contribution is -2.53.